The van der Waals surface area contributed by atoms with Crippen molar-refractivity contribution in [2.24, 2.45) is 11.3 Å². The van der Waals surface area contributed by atoms with Crippen molar-refractivity contribution in [3.63, 3.8) is 0 Å². The van der Waals surface area contributed by atoms with Crippen LogP contribution in [0.2, 0.25) is 0 Å². The summed E-state index contributed by atoms with van der Waals surface area (Å²) < 4.78 is 4.25. The van der Waals surface area contributed by atoms with E-state index in [-0.39, 0.29) is 0 Å². The van der Waals surface area contributed by atoms with E-state index in [4.69, 9.17) is 0 Å². The molecule has 0 amide bonds. The highest BCUT2D eigenvalue weighted by Crippen LogP contribution is 2.47. The maximum atomic E-state index is 10.2. The van der Waals surface area contributed by atoms with Gasteiger partial charge in [-0.05, 0) is 18.3 Å². The van der Waals surface area contributed by atoms with E-state index in [0.29, 0.717) is 11.3 Å². The Morgan fingerprint density at radius 2 is 1.92 bits per heavy atom. The Balaban J connectivity index is 0.000000213. The van der Waals surface area contributed by atoms with Gasteiger partial charge in [-0.25, -0.2) is 0 Å². The van der Waals surface area contributed by atoms with Crippen molar-refractivity contribution in [1.82, 2.24) is 5.32 Å². The summed E-state index contributed by atoms with van der Waals surface area (Å²) in [5, 5.41) is 3.23. The molecule has 0 radical (unpaired) electrons. The molecule has 2 aliphatic rings. The highest BCUT2D eigenvalue weighted by molar-refractivity contribution is 5.56. The molecule has 0 aromatic carbocycles. The first-order valence-corrected chi connectivity index (χ1v) is 4.32. The molecule has 0 aromatic heterocycles. The number of rotatable bonds is 1. The van der Waals surface area contributed by atoms with Gasteiger partial charge in [-0.2, -0.15) is 0 Å². The molecule has 3 nitrogen and oxygen atoms in total. The van der Waals surface area contributed by atoms with E-state index < -0.39 is 0 Å². The minimum Gasteiger partial charge on any atom is -0.388 e. The van der Waals surface area contributed by atoms with E-state index in [1.54, 1.807) is 14.2 Å². The zero-order valence-electron chi connectivity index (χ0n) is 7.80. The standard InChI is InChI=1S/C7H11NO.C2H6O/c9-3-6-1-7(2-6)4-8-5-7;1-3-2/h3,6,8H,1-2,4-5H2;1-2H3. The number of carbonyl (C=O) groups excluding carboxylic acids is 1. The number of aldehydes is 1. The minimum atomic E-state index is 0.395. The molecule has 1 spiro atoms. The van der Waals surface area contributed by atoms with E-state index >= 15 is 0 Å². The first-order chi connectivity index (χ1) is 5.76. The predicted molar refractivity (Wildman–Crippen MR) is 47.0 cm³/mol. The number of hydrogen-bond donors (Lipinski definition) is 1. The van der Waals surface area contributed by atoms with Gasteiger partial charge in [0.05, 0.1) is 0 Å². The average molecular weight is 171 g/mol. The second-order valence-corrected chi connectivity index (χ2v) is 3.82. The third-order valence-electron chi connectivity index (χ3n) is 2.58. The number of carbonyl (C=O) groups is 1. The van der Waals surface area contributed by atoms with Crippen molar-refractivity contribution >= 4 is 6.29 Å². The van der Waals surface area contributed by atoms with Gasteiger partial charge in [0, 0.05) is 33.2 Å². The van der Waals surface area contributed by atoms with E-state index in [0.717, 1.165) is 32.2 Å². The molecule has 1 heterocycles. The van der Waals surface area contributed by atoms with Gasteiger partial charge in [-0.3, -0.25) is 0 Å². The Hall–Kier alpha value is -0.410. The quantitative estimate of drug-likeness (QED) is 0.582. The van der Waals surface area contributed by atoms with Crippen LogP contribution in [0.25, 0.3) is 0 Å². The third-order valence-corrected chi connectivity index (χ3v) is 2.58. The van der Waals surface area contributed by atoms with Crippen molar-refractivity contribution < 1.29 is 9.53 Å². The summed E-state index contributed by atoms with van der Waals surface area (Å²) in [6.45, 7) is 2.30. The Morgan fingerprint density at radius 1 is 1.42 bits per heavy atom. The summed E-state index contributed by atoms with van der Waals surface area (Å²) in [6.07, 6.45) is 3.39. The fourth-order valence-corrected chi connectivity index (χ4v) is 1.92. The van der Waals surface area contributed by atoms with Crippen LogP contribution in [0.4, 0.5) is 0 Å². The van der Waals surface area contributed by atoms with Gasteiger partial charge in [-0.1, -0.05) is 0 Å². The van der Waals surface area contributed by atoms with Crippen LogP contribution in [0.3, 0.4) is 0 Å². The van der Waals surface area contributed by atoms with Crippen LogP contribution < -0.4 is 5.32 Å². The van der Waals surface area contributed by atoms with Crippen molar-refractivity contribution in [3.05, 3.63) is 0 Å². The third kappa shape index (κ3) is 1.84. The normalized spacial score (nSPS) is 24.8. The molecule has 0 aromatic rings. The largest absolute Gasteiger partial charge is 0.388 e. The van der Waals surface area contributed by atoms with Gasteiger partial charge < -0.3 is 14.8 Å². The second kappa shape index (κ2) is 4.01. The fraction of sp³-hybridized carbons (Fsp3) is 0.889. The molecule has 1 saturated carbocycles. The fourth-order valence-electron chi connectivity index (χ4n) is 1.92. The Morgan fingerprint density at radius 3 is 2.17 bits per heavy atom. The molecular weight excluding hydrogens is 154 g/mol. The summed E-state index contributed by atoms with van der Waals surface area (Å²) in [5.41, 5.74) is 0.575. The van der Waals surface area contributed by atoms with Crippen LogP contribution in [0, 0.1) is 11.3 Å². The van der Waals surface area contributed by atoms with Crippen molar-refractivity contribution in [1.29, 1.82) is 0 Å². The van der Waals surface area contributed by atoms with Crippen LogP contribution in [0.5, 0.6) is 0 Å². The first kappa shape index (κ1) is 9.68. The van der Waals surface area contributed by atoms with Gasteiger partial charge in [0.15, 0.2) is 0 Å². The number of ether oxygens (including phenoxy) is 1. The lowest BCUT2D eigenvalue weighted by Gasteiger charge is -2.52. The van der Waals surface area contributed by atoms with Crippen molar-refractivity contribution in [2.45, 2.75) is 12.8 Å². The summed E-state index contributed by atoms with van der Waals surface area (Å²) in [5.74, 6) is 0.395. The van der Waals surface area contributed by atoms with Gasteiger partial charge in [0.2, 0.25) is 0 Å². The maximum absolute atomic E-state index is 10.2. The Kier molecular flexibility index (Phi) is 3.23. The highest BCUT2D eigenvalue weighted by atomic mass is 16.4. The van der Waals surface area contributed by atoms with Crippen molar-refractivity contribution in [2.75, 3.05) is 27.3 Å². The summed E-state index contributed by atoms with van der Waals surface area (Å²) in [6, 6.07) is 0. The molecule has 70 valence electrons. The minimum absolute atomic E-state index is 0.395. The SMILES string of the molecule is COC.O=CC1CC2(CNC2)C1. The van der Waals surface area contributed by atoms with Crippen LogP contribution in [0.1, 0.15) is 12.8 Å². The highest BCUT2D eigenvalue weighted by Gasteiger charge is 2.47. The first-order valence-electron chi connectivity index (χ1n) is 4.32. The molecule has 2 fully saturated rings. The van der Waals surface area contributed by atoms with Gasteiger partial charge in [0.25, 0.3) is 0 Å². The average Bonchev–Trinajstić information content (AvgIpc) is 1.83. The Bertz CT molecular complexity index is 147. The smallest absolute Gasteiger partial charge is 0.123 e. The number of methoxy groups -OCH3 is 1. The molecule has 2 rings (SSSR count). The molecule has 3 heteroatoms. The lowest BCUT2D eigenvalue weighted by Crippen LogP contribution is -2.60. The zero-order chi connectivity index (χ0) is 9.03. The van der Waals surface area contributed by atoms with Gasteiger partial charge in [-0.15, -0.1) is 0 Å². The molecule has 1 aliphatic heterocycles. The van der Waals surface area contributed by atoms with Gasteiger partial charge in [0.1, 0.15) is 6.29 Å². The van der Waals surface area contributed by atoms with Crippen LogP contribution in [-0.4, -0.2) is 33.6 Å². The molecule has 1 N–H and O–H groups in total. The van der Waals surface area contributed by atoms with Gasteiger partial charge >= 0.3 is 0 Å². The van der Waals surface area contributed by atoms with Crippen molar-refractivity contribution in [3.8, 4) is 0 Å². The maximum Gasteiger partial charge on any atom is 0.123 e. The van der Waals surface area contributed by atoms with E-state index in [1.807, 2.05) is 0 Å². The lowest BCUT2D eigenvalue weighted by atomic mass is 9.59. The molecule has 0 atom stereocenters. The van der Waals surface area contributed by atoms with Crippen LogP contribution in [0.15, 0.2) is 0 Å². The summed E-state index contributed by atoms with van der Waals surface area (Å²) >= 11 is 0. The molecule has 0 unspecified atom stereocenters. The summed E-state index contributed by atoms with van der Waals surface area (Å²) in [4.78, 5) is 10.2. The zero-order valence-corrected chi connectivity index (χ0v) is 7.80. The topological polar surface area (TPSA) is 38.3 Å². The molecular formula is C9H17NO2. The molecule has 1 aliphatic carbocycles. The van der Waals surface area contributed by atoms with E-state index in [2.05, 4.69) is 10.1 Å². The second-order valence-electron chi connectivity index (χ2n) is 3.82. The number of hydrogen-bond acceptors (Lipinski definition) is 3. The number of nitrogens with one attached hydrogen (secondary N) is 1. The monoisotopic (exact) mass is 171 g/mol. The molecule has 12 heavy (non-hydrogen) atoms. The van der Waals surface area contributed by atoms with E-state index in [1.165, 1.54) is 0 Å². The molecule has 0 bridgehead atoms. The Labute approximate surface area is 73.5 Å². The summed E-state index contributed by atoms with van der Waals surface area (Å²) in [7, 11) is 3.25. The van der Waals surface area contributed by atoms with Crippen LogP contribution in [-0.2, 0) is 9.53 Å². The lowest BCUT2D eigenvalue weighted by molar-refractivity contribution is -0.120. The van der Waals surface area contributed by atoms with Crippen LogP contribution >= 0.6 is 0 Å². The molecule has 1 saturated heterocycles. The van der Waals surface area contributed by atoms with E-state index in [9.17, 15) is 4.79 Å². The predicted octanol–water partition coefficient (Wildman–Crippen LogP) is 0.447.